The van der Waals surface area contributed by atoms with Crippen LogP contribution in [0.5, 0.6) is 0 Å². The Labute approximate surface area is 132 Å². The van der Waals surface area contributed by atoms with Gasteiger partial charge in [0.25, 0.3) is 0 Å². The molecule has 0 bridgehead atoms. The van der Waals surface area contributed by atoms with E-state index in [2.05, 4.69) is 22.0 Å². The minimum Gasteiger partial charge on any atom is -0.368 e. The molecule has 1 saturated heterocycles. The highest BCUT2D eigenvalue weighted by molar-refractivity contribution is 7.80. The van der Waals surface area contributed by atoms with E-state index < -0.39 is 0 Å². The molecule has 1 aliphatic rings. The van der Waals surface area contributed by atoms with Crippen LogP contribution in [0.15, 0.2) is 24.3 Å². The van der Waals surface area contributed by atoms with Crippen LogP contribution in [0.1, 0.15) is 30.6 Å². The predicted molar refractivity (Wildman–Crippen MR) is 91.1 cm³/mol. The second kappa shape index (κ2) is 7.41. The van der Waals surface area contributed by atoms with E-state index in [4.69, 9.17) is 12.2 Å². The molecule has 5 heteroatoms. The Balaban J connectivity index is 1.88. The zero-order valence-corrected chi connectivity index (χ0v) is 13.6. The molecular formula is C16H23N3OS. The number of thiocarbonyl (C=S) groups is 1. The van der Waals surface area contributed by atoms with Crippen molar-refractivity contribution in [1.82, 2.24) is 10.2 Å². The molecule has 0 atom stereocenters. The molecular weight excluding hydrogens is 282 g/mol. The van der Waals surface area contributed by atoms with Crippen LogP contribution < -0.4 is 10.2 Å². The van der Waals surface area contributed by atoms with Gasteiger partial charge in [-0.25, -0.2) is 0 Å². The fraction of sp³-hybridized carbons (Fsp3) is 0.500. The van der Waals surface area contributed by atoms with Gasteiger partial charge in [0, 0.05) is 44.0 Å². The molecule has 1 N–H and O–H groups in total. The van der Waals surface area contributed by atoms with Crippen LogP contribution in [0.4, 0.5) is 5.69 Å². The van der Waals surface area contributed by atoms with Crippen molar-refractivity contribution < 1.29 is 4.79 Å². The highest BCUT2D eigenvalue weighted by Crippen LogP contribution is 2.17. The summed E-state index contributed by atoms with van der Waals surface area (Å²) in [4.78, 5) is 15.9. The topological polar surface area (TPSA) is 35.6 Å². The van der Waals surface area contributed by atoms with E-state index in [1.807, 2.05) is 24.3 Å². The molecule has 21 heavy (non-hydrogen) atoms. The quantitative estimate of drug-likeness (QED) is 0.682. The number of carbonyl (C=O) groups is 1. The number of nitrogens with one attached hydrogen (secondary N) is 1. The summed E-state index contributed by atoms with van der Waals surface area (Å²) >= 11 is 5.40. The van der Waals surface area contributed by atoms with Crippen molar-refractivity contribution in [3.05, 3.63) is 29.8 Å². The fourth-order valence-electron chi connectivity index (χ4n) is 2.42. The maximum absolute atomic E-state index is 11.3. The van der Waals surface area contributed by atoms with Gasteiger partial charge in [-0.15, -0.1) is 0 Å². The molecule has 2 rings (SSSR count). The average Bonchev–Trinajstić information content (AvgIpc) is 2.53. The summed E-state index contributed by atoms with van der Waals surface area (Å²) in [6.07, 6.45) is 1.09. The lowest BCUT2D eigenvalue weighted by atomic mass is 10.1. The first-order valence-corrected chi connectivity index (χ1v) is 7.91. The molecule has 4 nitrogen and oxygen atoms in total. The number of ketones is 1. The SMILES string of the molecule is CCCNC(=S)N1CCN(c2ccc(C(C)=O)cc2)CC1. The summed E-state index contributed by atoms with van der Waals surface area (Å²) in [5, 5.41) is 4.14. The van der Waals surface area contributed by atoms with Crippen molar-refractivity contribution in [3.63, 3.8) is 0 Å². The van der Waals surface area contributed by atoms with Gasteiger partial charge in [0.15, 0.2) is 10.9 Å². The van der Waals surface area contributed by atoms with Gasteiger partial charge in [0.05, 0.1) is 0 Å². The average molecular weight is 305 g/mol. The Morgan fingerprint density at radius 2 is 1.81 bits per heavy atom. The summed E-state index contributed by atoms with van der Waals surface area (Å²) in [5.74, 6) is 0.110. The number of Topliss-reactive ketones (excluding diaryl/α,β-unsaturated/α-hetero) is 1. The molecule has 114 valence electrons. The molecule has 0 amide bonds. The lowest BCUT2D eigenvalue weighted by molar-refractivity contribution is 0.101. The Morgan fingerprint density at radius 3 is 2.33 bits per heavy atom. The second-order valence-electron chi connectivity index (χ2n) is 5.31. The standard InChI is InChI=1S/C16H23N3OS/c1-3-8-17-16(21)19-11-9-18(10-12-19)15-6-4-14(5-7-15)13(2)20/h4-7H,3,8-12H2,1-2H3,(H,17,21). The van der Waals surface area contributed by atoms with Crippen molar-refractivity contribution in [2.45, 2.75) is 20.3 Å². The van der Waals surface area contributed by atoms with Crippen molar-refractivity contribution in [2.75, 3.05) is 37.6 Å². The number of nitrogens with zero attached hydrogens (tertiary/aromatic N) is 2. The minimum absolute atomic E-state index is 0.110. The van der Waals surface area contributed by atoms with Gasteiger partial charge in [-0.05, 0) is 49.8 Å². The predicted octanol–water partition coefficient (Wildman–Crippen LogP) is 2.30. The Bertz CT molecular complexity index is 493. The molecule has 1 aromatic carbocycles. The molecule has 0 saturated carbocycles. The van der Waals surface area contributed by atoms with Crippen molar-refractivity contribution in [3.8, 4) is 0 Å². The minimum atomic E-state index is 0.110. The lowest BCUT2D eigenvalue weighted by Crippen LogP contribution is -2.51. The van der Waals surface area contributed by atoms with E-state index >= 15 is 0 Å². The van der Waals surface area contributed by atoms with Crippen LogP contribution in [-0.2, 0) is 0 Å². The Morgan fingerprint density at radius 1 is 1.19 bits per heavy atom. The lowest BCUT2D eigenvalue weighted by Gasteiger charge is -2.37. The largest absolute Gasteiger partial charge is 0.368 e. The van der Waals surface area contributed by atoms with Gasteiger partial charge in [-0.1, -0.05) is 6.92 Å². The maximum Gasteiger partial charge on any atom is 0.169 e. The number of benzene rings is 1. The molecule has 0 unspecified atom stereocenters. The second-order valence-corrected chi connectivity index (χ2v) is 5.70. The maximum atomic E-state index is 11.3. The fourth-order valence-corrected chi connectivity index (χ4v) is 2.70. The van der Waals surface area contributed by atoms with Crippen LogP contribution in [0.2, 0.25) is 0 Å². The summed E-state index contributed by atoms with van der Waals surface area (Å²) in [6.45, 7) is 8.44. The van der Waals surface area contributed by atoms with Crippen molar-refractivity contribution >= 4 is 28.8 Å². The van der Waals surface area contributed by atoms with E-state index in [-0.39, 0.29) is 5.78 Å². The number of carbonyl (C=O) groups excluding carboxylic acids is 1. The molecule has 1 heterocycles. The highest BCUT2D eigenvalue weighted by atomic mass is 32.1. The zero-order chi connectivity index (χ0) is 15.2. The highest BCUT2D eigenvalue weighted by Gasteiger charge is 2.18. The third-order valence-corrected chi connectivity index (χ3v) is 4.13. The molecule has 0 aromatic heterocycles. The van der Waals surface area contributed by atoms with Crippen molar-refractivity contribution in [2.24, 2.45) is 0 Å². The van der Waals surface area contributed by atoms with Crippen LogP contribution in [0, 0.1) is 0 Å². The number of hydrogen-bond donors (Lipinski definition) is 1. The number of hydrogen-bond acceptors (Lipinski definition) is 3. The number of anilines is 1. The van der Waals surface area contributed by atoms with Crippen LogP contribution in [0.3, 0.4) is 0 Å². The van der Waals surface area contributed by atoms with Gasteiger partial charge in [-0.2, -0.15) is 0 Å². The van der Waals surface area contributed by atoms with E-state index in [0.717, 1.165) is 49.8 Å². The number of piperazine rings is 1. The summed E-state index contributed by atoms with van der Waals surface area (Å²) in [6, 6.07) is 7.86. The van der Waals surface area contributed by atoms with Gasteiger partial charge in [-0.3, -0.25) is 4.79 Å². The summed E-state index contributed by atoms with van der Waals surface area (Å²) < 4.78 is 0. The van der Waals surface area contributed by atoms with Crippen LogP contribution in [-0.4, -0.2) is 48.5 Å². The first kappa shape index (κ1) is 15.8. The van der Waals surface area contributed by atoms with E-state index in [0.29, 0.717) is 0 Å². The van der Waals surface area contributed by atoms with Crippen molar-refractivity contribution in [1.29, 1.82) is 0 Å². The van der Waals surface area contributed by atoms with Gasteiger partial charge < -0.3 is 15.1 Å². The van der Waals surface area contributed by atoms with Crippen LogP contribution >= 0.6 is 12.2 Å². The Hall–Kier alpha value is -1.62. The molecule has 1 aliphatic heterocycles. The first-order valence-electron chi connectivity index (χ1n) is 7.50. The van der Waals surface area contributed by atoms with Gasteiger partial charge in [0.1, 0.15) is 0 Å². The van der Waals surface area contributed by atoms with E-state index in [9.17, 15) is 4.79 Å². The zero-order valence-electron chi connectivity index (χ0n) is 12.8. The number of rotatable bonds is 4. The van der Waals surface area contributed by atoms with E-state index in [1.165, 1.54) is 5.69 Å². The normalized spacial score (nSPS) is 15.0. The van der Waals surface area contributed by atoms with Gasteiger partial charge in [0.2, 0.25) is 0 Å². The monoisotopic (exact) mass is 305 g/mol. The molecule has 1 aromatic rings. The molecule has 0 radical (unpaired) electrons. The molecule has 1 fully saturated rings. The van der Waals surface area contributed by atoms with Crippen LogP contribution in [0.25, 0.3) is 0 Å². The van der Waals surface area contributed by atoms with Gasteiger partial charge >= 0.3 is 0 Å². The third-order valence-electron chi connectivity index (χ3n) is 3.73. The first-order chi connectivity index (χ1) is 10.1. The smallest absolute Gasteiger partial charge is 0.169 e. The molecule has 0 spiro atoms. The summed E-state index contributed by atoms with van der Waals surface area (Å²) in [5.41, 5.74) is 1.94. The third kappa shape index (κ3) is 4.17. The van der Waals surface area contributed by atoms with E-state index in [1.54, 1.807) is 6.92 Å². The molecule has 0 aliphatic carbocycles. The Kier molecular flexibility index (Phi) is 5.56. The summed E-state index contributed by atoms with van der Waals surface area (Å²) in [7, 11) is 0.